The predicted octanol–water partition coefficient (Wildman–Crippen LogP) is 3.39. The highest BCUT2D eigenvalue weighted by atomic mass is 127. The SMILES string of the molecule is CCNC(=NCCc1cc(F)cc2c1OCOC2)N1CCN(C(C)C(F)(F)F)CC1.I. The summed E-state index contributed by atoms with van der Waals surface area (Å²) in [5.41, 5.74) is 1.42. The van der Waals surface area contributed by atoms with Crippen LogP contribution in [0.2, 0.25) is 0 Å². The van der Waals surface area contributed by atoms with Crippen molar-refractivity contribution in [2.45, 2.75) is 39.1 Å². The van der Waals surface area contributed by atoms with Crippen LogP contribution in [0.1, 0.15) is 25.0 Å². The Kier molecular flexibility index (Phi) is 9.62. The summed E-state index contributed by atoms with van der Waals surface area (Å²) in [5, 5.41) is 3.20. The van der Waals surface area contributed by atoms with Gasteiger partial charge in [0.05, 0.1) is 6.61 Å². The smallest absolute Gasteiger partial charge is 0.403 e. The quantitative estimate of drug-likeness (QED) is 0.259. The zero-order valence-corrected chi connectivity index (χ0v) is 20.0. The average molecular weight is 560 g/mol. The highest BCUT2D eigenvalue weighted by Gasteiger charge is 2.41. The molecule has 31 heavy (non-hydrogen) atoms. The molecule has 0 saturated carbocycles. The molecule has 0 aliphatic carbocycles. The molecule has 3 rings (SSSR count). The number of hydrogen-bond acceptors (Lipinski definition) is 4. The van der Waals surface area contributed by atoms with Gasteiger partial charge in [-0.25, -0.2) is 4.39 Å². The number of nitrogens with zero attached hydrogens (tertiary/aromatic N) is 3. The highest BCUT2D eigenvalue weighted by molar-refractivity contribution is 14.0. The summed E-state index contributed by atoms with van der Waals surface area (Å²) in [6, 6.07) is 1.40. The van der Waals surface area contributed by atoms with Crippen LogP contribution in [-0.2, 0) is 17.8 Å². The van der Waals surface area contributed by atoms with E-state index in [4.69, 9.17) is 9.47 Å². The maximum atomic E-state index is 13.9. The number of rotatable bonds is 5. The Hall–Kier alpha value is -1.34. The summed E-state index contributed by atoms with van der Waals surface area (Å²) in [6.45, 7) is 6.19. The van der Waals surface area contributed by atoms with Gasteiger partial charge < -0.3 is 19.7 Å². The van der Waals surface area contributed by atoms with E-state index in [0.717, 1.165) is 5.56 Å². The second kappa shape index (κ2) is 11.5. The third-order valence-electron chi connectivity index (χ3n) is 5.36. The summed E-state index contributed by atoms with van der Waals surface area (Å²) >= 11 is 0. The molecular weight excluding hydrogens is 531 g/mol. The fourth-order valence-electron chi connectivity index (χ4n) is 3.68. The second-order valence-corrected chi connectivity index (χ2v) is 7.39. The normalized spacial score (nSPS) is 18.6. The molecule has 0 bridgehead atoms. The summed E-state index contributed by atoms with van der Waals surface area (Å²) in [5.74, 6) is 0.965. The lowest BCUT2D eigenvalue weighted by Crippen LogP contribution is -2.56. The van der Waals surface area contributed by atoms with E-state index in [1.165, 1.54) is 24.0 Å². The molecule has 2 aliphatic rings. The topological polar surface area (TPSA) is 49.3 Å². The first kappa shape index (κ1) is 25.9. The van der Waals surface area contributed by atoms with Crippen molar-refractivity contribution < 1.29 is 27.0 Å². The molecule has 1 saturated heterocycles. The molecule has 2 heterocycles. The number of hydrogen-bond donors (Lipinski definition) is 1. The zero-order valence-electron chi connectivity index (χ0n) is 17.7. The molecule has 1 aromatic carbocycles. The van der Waals surface area contributed by atoms with Crippen molar-refractivity contribution in [3.8, 4) is 5.75 Å². The third-order valence-corrected chi connectivity index (χ3v) is 5.36. The van der Waals surface area contributed by atoms with Crippen LogP contribution in [0.4, 0.5) is 17.6 Å². The van der Waals surface area contributed by atoms with Gasteiger partial charge in [0, 0.05) is 44.8 Å². The number of ether oxygens (including phenoxy) is 2. The van der Waals surface area contributed by atoms with Crippen LogP contribution < -0.4 is 10.1 Å². The Labute approximate surface area is 197 Å². The van der Waals surface area contributed by atoms with E-state index in [2.05, 4.69) is 10.3 Å². The summed E-state index contributed by atoms with van der Waals surface area (Å²) in [6.07, 6.45) is -3.74. The van der Waals surface area contributed by atoms with Gasteiger partial charge in [-0.15, -0.1) is 24.0 Å². The largest absolute Gasteiger partial charge is 0.467 e. The number of benzene rings is 1. The van der Waals surface area contributed by atoms with Gasteiger partial charge in [-0.1, -0.05) is 0 Å². The number of aliphatic imine (C=N–C) groups is 1. The van der Waals surface area contributed by atoms with Crippen molar-refractivity contribution in [3.05, 3.63) is 29.1 Å². The molecule has 1 fully saturated rings. The molecule has 2 aliphatic heterocycles. The number of halogens is 5. The zero-order chi connectivity index (χ0) is 21.7. The lowest BCUT2D eigenvalue weighted by Gasteiger charge is -2.39. The minimum Gasteiger partial charge on any atom is -0.467 e. The van der Waals surface area contributed by atoms with E-state index in [-0.39, 0.29) is 36.6 Å². The minimum absolute atomic E-state index is 0. The van der Waals surface area contributed by atoms with E-state index in [0.29, 0.717) is 69.6 Å². The number of piperazine rings is 1. The molecule has 176 valence electrons. The van der Waals surface area contributed by atoms with E-state index >= 15 is 0 Å². The molecule has 11 heteroatoms. The summed E-state index contributed by atoms with van der Waals surface area (Å²) < 4.78 is 63.5. The summed E-state index contributed by atoms with van der Waals surface area (Å²) in [4.78, 5) is 8.02. The molecule has 1 atom stereocenters. The van der Waals surface area contributed by atoms with Crippen LogP contribution in [0.15, 0.2) is 17.1 Å². The van der Waals surface area contributed by atoms with Gasteiger partial charge in [0.2, 0.25) is 0 Å². The van der Waals surface area contributed by atoms with Gasteiger partial charge in [0.25, 0.3) is 0 Å². The maximum Gasteiger partial charge on any atom is 0.403 e. The van der Waals surface area contributed by atoms with Gasteiger partial charge in [-0.05, 0) is 38.0 Å². The van der Waals surface area contributed by atoms with Crippen LogP contribution in [0.25, 0.3) is 0 Å². The predicted molar refractivity (Wildman–Crippen MR) is 120 cm³/mol. The Morgan fingerprint density at radius 3 is 2.58 bits per heavy atom. The molecule has 0 radical (unpaired) electrons. The van der Waals surface area contributed by atoms with Crippen molar-refractivity contribution in [1.29, 1.82) is 0 Å². The van der Waals surface area contributed by atoms with Crippen LogP contribution in [0.5, 0.6) is 5.75 Å². The van der Waals surface area contributed by atoms with Crippen molar-refractivity contribution in [3.63, 3.8) is 0 Å². The van der Waals surface area contributed by atoms with Crippen LogP contribution in [0, 0.1) is 5.82 Å². The van der Waals surface area contributed by atoms with E-state index in [1.54, 1.807) is 0 Å². The fourth-order valence-corrected chi connectivity index (χ4v) is 3.68. The molecule has 1 N–H and O–H groups in total. The molecule has 0 spiro atoms. The van der Waals surface area contributed by atoms with Crippen molar-refractivity contribution in [2.75, 3.05) is 46.1 Å². The van der Waals surface area contributed by atoms with Crippen molar-refractivity contribution in [1.82, 2.24) is 15.1 Å². The standard InChI is InChI=1S/C20H28F4N4O2.HI/c1-3-25-19(28-8-6-27(7-9-28)14(2)20(22,23)24)26-5-4-15-10-17(21)11-16-12-29-13-30-18(15)16;/h10-11,14H,3-9,12-13H2,1-2H3,(H,25,26);1H. The lowest BCUT2D eigenvalue weighted by molar-refractivity contribution is -0.181. The first-order valence-electron chi connectivity index (χ1n) is 10.2. The number of nitrogens with one attached hydrogen (secondary N) is 1. The van der Waals surface area contributed by atoms with E-state index < -0.39 is 12.2 Å². The van der Waals surface area contributed by atoms with Gasteiger partial charge in [-0.3, -0.25) is 9.89 Å². The van der Waals surface area contributed by atoms with Crippen LogP contribution >= 0.6 is 24.0 Å². The second-order valence-electron chi connectivity index (χ2n) is 7.39. The third kappa shape index (κ3) is 6.82. The van der Waals surface area contributed by atoms with Gasteiger partial charge in [-0.2, -0.15) is 13.2 Å². The lowest BCUT2D eigenvalue weighted by atomic mass is 10.1. The molecule has 1 unspecified atom stereocenters. The molecule has 0 amide bonds. The Bertz CT molecular complexity index is 755. The fraction of sp³-hybridized carbons (Fsp3) is 0.650. The Balaban J connectivity index is 0.00000341. The van der Waals surface area contributed by atoms with Gasteiger partial charge in [0.15, 0.2) is 12.8 Å². The van der Waals surface area contributed by atoms with Gasteiger partial charge >= 0.3 is 6.18 Å². The Morgan fingerprint density at radius 1 is 1.23 bits per heavy atom. The maximum absolute atomic E-state index is 13.9. The number of alkyl halides is 3. The monoisotopic (exact) mass is 560 g/mol. The van der Waals surface area contributed by atoms with E-state index in [1.807, 2.05) is 11.8 Å². The van der Waals surface area contributed by atoms with Crippen LogP contribution in [0.3, 0.4) is 0 Å². The first-order chi connectivity index (χ1) is 14.3. The highest BCUT2D eigenvalue weighted by Crippen LogP contribution is 2.30. The molecule has 1 aromatic rings. The number of fused-ring (bicyclic) bond motifs is 1. The average Bonchev–Trinajstić information content (AvgIpc) is 2.72. The first-order valence-corrected chi connectivity index (χ1v) is 10.2. The van der Waals surface area contributed by atoms with Crippen molar-refractivity contribution in [2.24, 2.45) is 4.99 Å². The van der Waals surface area contributed by atoms with Crippen molar-refractivity contribution >= 4 is 29.9 Å². The van der Waals surface area contributed by atoms with Gasteiger partial charge in [0.1, 0.15) is 17.6 Å². The molecule has 0 aromatic heterocycles. The molecule has 6 nitrogen and oxygen atoms in total. The van der Waals surface area contributed by atoms with E-state index in [9.17, 15) is 17.6 Å². The van der Waals surface area contributed by atoms with Crippen LogP contribution in [-0.4, -0.2) is 74.0 Å². The summed E-state index contributed by atoms with van der Waals surface area (Å²) in [7, 11) is 0. The minimum atomic E-state index is -4.22. The molecular formula is C20H29F4IN4O2. The Morgan fingerprint density at radius 2 is 1.94 bits per heavy atom. The number of guanidine groups is 1.